The number of hydrogen-bond acceptors (Lipinski definition) is 2. The van der Waals surface area contributed by atoms with Gasteiger partial charge in [-0.2, -0.15) is 0 Å². The highest BCUT2D eigenvalue weighted by atomic mass is 35.5. The van der Waals surface area contributed by atoms with Crippen LogP contribution >= 0.6 is 11.6 Å². The summed E-state index contributed by atoms with van der Waals surface area (Å²) in [6.45, 7) is 0. The van der Waals surface area contributed by atoms with Gasteiger partial charge in [0.2, 0.25) is 5.56 Å². The molecular weight excluding hydrogens is 176 g/mol. The molecule has 0 amide bonds. The Morgan fingerprint density at radius 3 is 3.08 bits per heavy atom. The van der Waals surface area contributed by atoms with E-state index >= 15 is 0 Å². The predicted octanol–water partition coefficient (Wildman–Crippen LogP) is 1.58. The van der Waals surface area contributed by atoms with Crippen molar-refractivity contribution in [3.63, 3.8) is 0 Å². The normalized spacial score (nSPS) is 10.4. The van der Waals surface area contributed by atoms with Crippen LogP contribution in [0, 0.1) is 0 Å². The van der Waals surface area contributed by atoms with E-state index in [4.69, 9.17) is 11.6 Å². The van der Waals surface area contributed by atoms with Crippen LogP contribution in [0.4, 0.5) is 0 Å². The van der Waals surface area contributed by atoms with E-state index in [1.165, 1.54) is 6.07 Å². The van der Waals surface area contributed by atoms with Crippen molar-refractivity contribution in [1.82, 2.24) is 9.97 Å². The highest BCUT2D eigenvalue weighted by Gasteiger charge is 1.95. The average molecular weight is 181 g/mol. The maximum Gasteiger partial charge on any atom is 0.248 e. The van der Waals surface area contributed by atoms with Crippen LogP contribution in [0.5, 0.6) is 0 Å². The van der Waals surface area contributed by atoms with Crippen molar-refractivity contribution in [1.29, 1.82) is 0 Å². The van der Waals surface area contributed by atoms with Gasteiger partial charge in [-0.25, -0.2) is 4.98 Å². The highest BCUT2D eigenvalue weighted by Crippen LogP contribution is 2.11. The molecule has 0 radical (unpaired) electrons. The van der Waals surface area contributed by atoms with E-state index in [0.717, 1.165) is 5.39 Å². The summed E-state index contributed by atoms with van der Waals surface area (Å²) in [4.78, 5) is 17.4. The Morgan fingerprint density at radius 1 is 1.42 bits per heavy atom. The molecule has 0 unspecified atom stereocenters. The number of rotatable bonds is 0. The molecular formula is C8H5ClN2O. The molecule has 0 spiro atoms. The van der Waals surface area contributed by atoms with Gasteiger partial charge >= 0.3 is 0 Å². The smallest absolute Gasteiger partial charge is 0.248 e. The van der Waals surface area contributed by atoms with Crippen molar-refractivity contribution in [2.24, 2.45) is 0 Å². The van der Waals surface area contributed by atoms with Crippen LogP contribution in [0.15, 0.2) is 29.2 Å². The van der Waals surface area contributed by atoms with Crippen LogP contribution in [-0.4, -0.2) is 9.97 Å². The lowest BCUT2D eigenvalue weighted by molar-refractivity contribution is 1.28. The van der Waals surface area contributed by atoms with Gasteiger partial charge in [0.15, 0.2) is 0 Å². The summed E-state index contributed by atoms with van der Waals surface area (Å²) in [5.74, 6) is 0. The minimum absolute atomic E-state index is 0.134. The number of nitrogens with one attached hydrogen (secondary N) is 1. The molecule has 2 aromatic heterocycles. The van der Waals surface area contributed by atoms with E-state index in [9.17, 15) is 4.79 Å². The fraction of sp³-hybridized carbons (Fsp3) is 0. The van der Waals surface area contributed by atoms with E-state index in [1.807, 2.05) is 0 Å². The van der Waals surface area contributed by atoms with Crippen molar-refractivity contribution in [3.05, 3.63) is 39.9 Å². The molecule has 0 saturated heterocycles. The molecule has 2 aromatic rings. The van der Waals surface area contributed by atoms with Gasteiger partial charge < -0.3 is 4.98 Å². The van der Waals surface area contributed by atoms with Crippen LogP contribution in [0.3, 0.4) is 0 Å². The minimum atomic E-state index is -0.134. The lowest BCUT2D eigenvalue weighted by Gasteiger charge is -1.95. The second-order valence-electron chi connectivity index (χ2n) is 2.42. The van der Waals surface area contributed by atoms with Crippen LogP contribution < -0.4 is 5.56 Å². The predicted molar refractivity (Wildman–Crippen MR) is 47.4 cm³/mol. The molecule has 4 heteroatoms. The molecule has 0 aliphatic heterocycles. The summed E-state index contributed by atoms with van der Waals surface area (Å²) in [7, 11) is 0. The Kier molecular flexibility index (Phi) is 1.59. The van der Waals surface area contributed by atoms with Crippen LogP contribution in [-0.2, 0) is 0 Å². The van der Waals surface area contributed by atoms with Crippen molar-refractivity contribution >= 4 is 22.5 Å². The second kappa shape index (κ2) is 2.60. The summed E-state index contributed by atoms with van der Waals surface area (Å²) in [6.07, 6.45) is 1.62. The van der Waals surface area contributed by atoms with Gasteiger partial charge in [0.1, 0.15) is 5.15 Å². The topological polar surface area (TPSA) is 45.8 Å². The Labute approximate surface area is 73.0 Å². The Morgan fingerprint density at radius 2 is 2.25 bits per heavy atom. The third-order valence-electron chi connectivity index (χ3n) is 1.57. The highest BCUT2D eigenvalue weighted by molar-refractivity contribution is 6.29. The van der Waals surface area contributed by atoms with Crippen molar-refractivity contribution in [2.75, 3.05) is 0 Å². The number of nitrogens with zero attached hydrogens (tertiary/aromatic N) is 1. The average Bonchev–Trinajstić information content (AvgIpc) is 2.03. The summed E-state index contributed by atoms with van der Waals surface area (Å²) in [6, 6.07) is 4.79. The molecule has 0 fully saturated rings. The molecule has 60 valence electrons. The number of aromatic nitrogens is 2. The molecule has 2 heterocycles. The zero-order valence-electron chi connectivity index (χ0n) is 6.04. The third kappa shape index (κ3) is 1.19. The molecule has 12 heavy (non-hydrogen) atoms. The number of pyridine rings is 2. The van der Waals surface area contributed by atoms with E-state index in [2.05, 4.69) is 9.97 Å². The summed E-state index contributed by atoms with van der Waals surface area (Å²) >= 11 is 5.64. The van der Waals surface area contributed by atoms with E-state index in [0.29, 0.717) is 10.7 Å². The molecule has 0 bridgehead atoms. The van der Waals surface area contributed by atoms with Gasteiger partial charge in [0.25, 0.3) is 0 Å². The maximum atomic E-state index is 10.9. The lowest BCUT2D eigenvalue weighted by Crippen LogP contribution is -2.02. The molecule has 1 N–H and O–H groups in total. The van der Waals surface area contributed by atoms with Gasteiger partial charge in [-0.3, -0.25) is 4.79 Å². The first-order valence-corrected chi connectivity index (χ1v) is 3.78. The molecule has 0 aliphatic carbocycles. The number of halogens is 1. The van der Waals surface area contributed by atoms with Crippen LogP contribution in [0.2, 0.25) is 5.15 Å². The third-order valence-corrected chi connectivity index (χ3v) is 1.78. The number of hydrogen-bond donors (Lipinski definition) is 1. The van der Waals surface area contributed by atoms with E-state index in [1.54, 1.807) is 18.3 Å². The van der Waals surface area contributed by atoms with Gasteiger partial charge in [-0.1, -0.05) is 11.6 Å². The molecule has 3 nitrogen and oxygen atoms in total. The molecule has 0 saturated carbocycles. The molecule has 0 aliphatic rings. The fourth-order valence-corrected chi connectivity index (χ4v) is 1.18. The first kappa shape index (κ1) is 7.31. The van der Waals surface area contributed by atoms with Crippen molar-refractivity contribution in [2.45, 2.75) is 0 Å². The molecule has 0 aromatic carbocycles. The number of H-pyrrole nitrogens is 1. The summed E-state index contributed by atoms with van der Waals surface area (Å²) in [5, 5.41) is 1.25. The summed E-state index contributed by atoms with van der Waals surface area (Å²) in [5.41, 5.74) is 0.576. The maximum absolute atomic E-state index is 10.9. The first-order chi connectivity index (χ1) is 5.75. The SMILES string of the molecule is O=c1ccc2cnc(Cl)cc2[nH]1. The number of aromatic amines is 1. The first-order valence-electron chi connectivity index (χ1n) is 3.40. The zero-order chi connectivity index (χ0) is 8.55. The van der Waals surface area contributed by atoms with E-state index < -0.39 is 0 Å². The van der Waals surface area contributed by atoms with Crippen molar-refractivity contribution < 1.29 is 0 Å². The van der Waals surface area contributed by atoms with Gasteiger partial charge in [-0.05, 0) is 12.1 Å². The number of fused-ring (bicyclic) bond motifs is 1. The fourth-order valence-electron chi connectivity index (χ4n) is 1.02. The molecule has 2 rings (SSSR count). The monoisotopic (exact) mass is 180 g/mol. The van der Waals surface area contributed by atoms with Crippen LogP contribution in [0.1, 0.15) is 0 Å². The van der Waals surface area contributed by atoms with Crippen LogP contribution in [0.25, 0.3) is 10.9 Å². The standard InChI is InChI=1S/C8H5ClN2O/c9-7-3-6-5(4-10-7)1-2-8(12)11-6/h1-4H,(H,11,12). The Hall–Kier alpha value is -1.35. The van der Waals surface area contributed by atoms with Crippen molar-refractivity contribution in [3.8, 4) is 0 Å². The van der Waals surface area contributed by atoms with Gasteiger partial charge in [-0.15, -0.1) is 0 Å². The molecule has 0 atom stereocenters. The van der Waals surface area contributed by atoms with Gasteiger partial charge in [0.05, 0.1) is 5.52 Å². The zero-order valence-corrected chi connectivity index (χ0v) is 6.80. The Balaban J connectivity index is 2.89. The second-order valence-corrected chi connectivity index (χ2v) is 2.80. The van der Waals surface area contributed by atoms with E-state index in [-0.39, 0.29) is 5.56 Å². The Bertz CT molecular complexity index is 478. The van der Waals surface area contributed by atoms with Gasteiger partial charge in [0, 0.05) is 17.6 Å². The quantitative estimate of drug-likeness (QED) is 0.626. The summed E-state index contributed by atoms with van der Waals surface area (Å²) < 4.78 is 0. The largest absolute Gasteiger partial charge is 0.322 e. The lowest BCUT2D eigenvalue weighted by atomic mass is 10.3. The minimum Gasteiger partial charge on any atom is -0.322 e.